The first-order valence-corrected chi connectivity index (χ1v) is 9.61. The Balaban J connectivity index is 1.92. The van der Waals surface area contributed by atoms with Crippen molar-refractivity contribution in [1.82, 2.24) is 0 Å². The summed E-state index contributed by atoms with van der Waals surface area (Å²) in [5, 5.41) is 10.7. The van der Waals surface area contributed by atoms with Crippen LogP contribution in [0.15, 0.2) is 75.3 Å². The summed E-state index contributed by atoms with van der Waals surface area (Å²) in [6.07, 6.45) is 1.40. The van der Waals surface area contributed by atoms with E-state index in [-0.39, 0.29) is 27.8 Å². The van der Waals surface area contributed by atoms with E-state index in [4.69, 9.17) is 16.0 Å². The van der Waals surface area contributed by atoms with Crippen molar-refractivity contribution in [2.45, 2.75) is 6.04 Å². The highest BCUT2D eigenvalue weighted by Gasteiger charge is 2.48. The van der Waals surface area contributed by atoms with Gasteiger partial charge >= 0.3 is 0 Å². The number of aliphatic hydroxyl groups is 1. The lowest BCUT2D eigenvalue weighted by Gasteiger charge is -2.23. The Hall–Kier alpha value is -2.90. The fourth-order valence-corrected chi connectivity index (χ4v) is 3.65. The monoisotopic (exact) mass is 475 g/mol. The highest BCUT2D eigenvalue weighted by Crippen LogP contribution is 2.43. The standard InChI is InChI=1S/C21H12BrClFNO4/c22-12-5-3-11(4-6-12)19(26)17-18(16-2-1-9-29-16)25(21(28)20(17)27)13-7-8-15(24)14(23)10-13/h1-10,18,26H/b19-17-. The average Bonchev–Trinajstić information content (AvgIpc) is 3.32. The number of hydrogen-bond acceptors (Lipinski definition) is 4. The van der Waals surface area contributed by atoms with E-state index in [0.29, 0.717) is 5.56 Å². The van der Waals surface area contributed by atoms with Crippen LogP contribution in [0.1, 0.15) is 17.4 Å². The topological polar surface area (TPSA) is 70.8 Å². The molecule has 0 saturated carbocycles. The Bertz CT molecular complexity index is 1140. The molecule has 0 aliphatic carbocycles. The summed E-state index contributed by atoms with van der Waals surface area (Å²) in [6.45, 7) is 0. The van der Waals surface area contributed by atoms with Gasteiger partial charge in [0.15, 0.2) is 0 Å². The largest absolute Gasteiger partial charge is 0.507 e. The van der Waals surface area contributed by atoms with Gasteiger partial charge in [-0.05, 0) is 42.5 Å². The molecule has 1 aromatic heterocycles. The number of aliphatic hydroxyl groups excluding tert-OH is 1. The Morgan fingerprint density at radius 3 is 2.48 bits per heavy atom. The Labute approximate surface area is 178 Å². The van der Waals surface area contributed by atoms with Gasteiger partial charge in [0.2, 0.25) is 0 Å². The van der Waals surface area contributed by atoms with Crippen LogP contribution >= 0.6 is 27.5 Å². The molecule has 146 valence electrons. The summed E-state index contributed by atoms with van der Waals surface area (Å²) in [5.41, 5.74) is 0.433. The van der Waals surface area contributed by atoms with E-state index in [1.54, 1.807) is 36.4 Å². The van der Waals surface area contributed by atoms with Gasteiger partial charge < -0.3 is 9.52 Å². The maximum absolute atomic E-state index is 13.6. The molecule has 0 radical (unpaired) electrons. The zero-order chi connectivity index (χ0) is 20.7. The molecule has 1 atom stereocenters. The molecular weight excluding hydrogens is 465 g/mol. The number of nitrogens with zero attached hydrogens (tertiary/aromatic N) is 1. The van der Waals surface area contributed by atoms with Gasteiger partial charge in [0.1, 0.15) is 23.4 Å². The summed E-state index contributed by atoms with van der Waals surface area (Å²) >= 11 is 9.18. The molecule has 1 aliphatic heterocycles. The summed E-state index contributed by atoms with van der Waals surface area (Å²) in [4.78, 5) is 26.8. The Morgan fingerprint density at radius 1 is 1.14 bits per heavy atom. The summed E-state index contributed by atoms with van der Waals surface area (Å²) in [6, 6.07) is 12.5. The van der Waals surface area contributed by atoms with Crippen LogP contribution in [0.5, 0.6) is 0 Å². The highest BCUT2D eigenvalue weighted by molar-refractivity contribution is 9.10. The minimum absolute atomic E-state index is 0.132. The van der Waals surface area contributed by atoms with E-state index in [9.17, 15) is 19.1 Å². The van der Waals surface area contributed by atoms with E-state index < -0.39 is 23.5 Å². The number of hydrogen-bond donors (Lipinski definition) is 1. The van der Waals surface area contributed by atoms with Crippen LogP contribution in [0.4, 0.5) is 10.1 Å². The number of carbonyl (C=O) groups is 2. The van der Waals surface area contributed by atoms with Crippen LogP contribution in [0.3, 0.4) is 0 Å². The third-order valence-corrected chi connectivity index (χ3v) is 5.37. The summed E-state index contributed by atoms with van der Waals surface area (Å²) in [7, 11) is 0. The molecule has 8 heteroatoms. The van der Waals surface area contributed by atoms with Crippen molar-refractivity contribution < 1.29 is 23.5 Å². The van der Waals surface area contributed by atoms with Gasteiger partial charge in [-0.2, -0.15) is 0 Å². The van der Waals surface area contributed by atoms with Crippen LogP contribution in [0.25, 0.3) is 5.76 Å². The van der Waals surface area contributed by atoms with Crippen molar-refractivity contribution in [3.8, 4) is 0 Å². The van der Waals surface area contributed by atoms with Gasteiger partial charge in [0.05, 0.1) is 16.9 Å². The first-order valence-electron chi connectivity index (χ1n) is 8.44. The first-order chi connectivity index (χ1) is 13.9. The van der Waals surface area contributed by atoms with Gasteiger partial charge in [-0.1, -0.05) is 39.7 Å². The molecule has 3 aromatic rings. The molecule has 2 heterocycles. The van der Waals surface area contributed by atoms with Gasteiger partial charge in [-0.15, -0.1) is 0 Å². The number of benzene rings is 2. The molecule has 1 unspecified atom stereocenters. The normalized spacial score (nSPS) is 18.4. The minimum atomic E-state index is -1.03. The molecule has 1 amide bonds. The number of amides is 1. The van der Waals surface area contributed by atoms with Crippen LogP contribution in [-0.4, -0.2) is 16.8 Å². The Kier molecular flexibility index (Phi) is 5.02. The summed E-state index contributed by atoms with van der Waals surface area (Å²) < 4.78 is 19.9. The molecule has 0 spiro atoms. The lowest BCUT2D eigenvalue weighted by atomic mass is 9.99. The number of anilines is 1. The van der Waals surface area contributed by atoms with Crippen molar-refractivity contribution >= 4 is 50.7 Å². The van der Waals surface area contributed by atoms with Gasteiger partial charge in [0, 0.05) is 15.7 Å². The highest BCUT2D eigenvalue weighted by atomic mass is 79.9. The van der Waals surface area contributed by atoms with Crippen molar-refractivity contribution in [2.24, 2.45) is 0 Å². The van der Waals surface area contributed by atoms with Crippen molar-refractivity contribution in [3.05, 3.63) is 93.1 Å². The Morgan fingerprint density at radius 2 is 1.86 bits per heavy atom. The quantitative estimate of drug-likeness (QED) is 0.309. The molecule has 5 nitrogen and oxygen atoms in total. The molecule has 1 aliphatic rings. The second-order valence-corrected chi connectivity index (χ2v) is 7.61. The molecule has 2 aromatic carbocycles. The van der Waals surface area contributed by atoms with E-state index in [0.717, 1.165) is 15.4 Å². The predicted octanol–water partition coefficient (Wildman–Crippen LogP) is 5.46. The van der Waals surface area contributed by atoms with E-state index >= 15 is 0 Å². The van der Waals surface area contributed by atoms with E-state index in [2.05, 4.69) is 15.9 Å². The SMILES string of the molecule is O=C1C(=O)N(c2ccc(F)c(Cl)c2)C(c2ccco2)/C1=C(/O)c1ccc(Br)cc1. The van der Waals surface area contributed by atoms with Crippen molar-refractivity contribution in [2.75, 3.05) is 4.90 Å². The third-order valence-electron chi connectivity index (χ3n) is 4.56. The number of Topliss-reactive ketones (excluding diaryl/α,β-unsaturated/α-hetero) is 1. The lowest BCUT2D eigenvalue weighted by Crippen LogP contribution is -2.29. The molecule has 1 fully saturated rings. The molecule has 1 N–H and O–H groups in total. The predicted molar refractivity (Wildman–Crippen MR) is 109 cm³/mol. The fourth-order valence-electron chi connectivity index (χ4n) is 3.21. The molecular formula is C21H12BrClFNO4. The van der Waals surface area contributed by atoms with Crippen LogP contribution in [-0.2, 0) is 9.59 Å². The third kappa shape index (κ3) is 3.36. The average molecular weight is 477 g/mol. The lowest BCUT2D eigenvalue weighted by molar-refractivity contribution is -0.132. The molecule has 4 rings (SSSR count). The minimum Gasteiger partial charge on any atom is -0.507 e. The van der Waals surface area contributed by atoms with Crippen LogP contribution in [0, 0.1) is 5.82 Å². The molecule has 0 bridgehead atoms. The van der Waals surface area contributed by atoms with Crippen LogP contribution < -0.4 is 4.90 Å². The van der Waals surface area contributed by atoms with Gasteiger partial charge in [-0.3, -0.25) is 14.5 Å². The number of carbonyl (C=O) groups excluding carboxylic acids is 2. The first kappa shape index (κ1) is 19.4. The smallest absolute Gasteiger partial charge is 0.300 e. The maximum Gasteiger partial charge on any atom is 0.300 e. The van der Waals surface area contributed by atoms with Crippen molar-refractivity contribution in [1.29, 1.82) is 0 Å². The number of furan rings is 1. The molecule has 1 saturated heterocycles. The van der Waals surface area contributed by atoms with E-state index in [1.165, 1.54) is 18.4 Å². The van der Waals surface area contributed by atoms with Gasteiger partial charge in [0.25, 0.3) is 11.7 Å². The molecule has 29 heavy (non-hydrogen) atoms. The second kappa shape index (κ2) is 7.50. The summed E-state index contributed by atoms with van der Waals surface area (Å²) in [5.74, 6) is -2.49. The number of rotatable bonds is 3. The van der Waals surface area contributed by atoms with E-state index in [1.807, 2.05) is 0 Å². The fraction of sp³-hybridized carbons (Fsp3) is 0.0476. The number of ketones is 1. The second-order valence-electron chi connectivity index (χ2n) is 6.29. The van der Waals surface area contributed by atoms with Gasteiger partial charge in [-0.25, -0.2) is 4.39 Å². The number of halogens is 3. The van der Waals surface area contributed by atoms with Crippen LogP contribution in [0.2, 0.25) is 5.02 Å². The zero-order valence-corrected chi connectivity index (χ0v) is 16.9. The zero-order valence-electron chi connectivity index (χ0n) is 14.6. The van der Waals surface area contributed by atoms with Crippen molar-refractivity contribution in [3.63, 3.8) is 0 Å². The maximum atomic E-state index is 13.6.